The molecule has 0 aliphatic carbocycles. The number of carbonyl (C=O) groups is 1. The van der Waals surface area contributed by atoms with Crippen LogP contribution in [-0.2, 0) is 20.7 Å². The minimum Gasteiger partial charge on any atom is -0.490 e. The van der Waals surface area contributed by atoms with E-state index in [9.17, 15) is 4.79 Å². The third kappa shape index (κ3) is 3.54. The molecule has 2 aliphatic heterocycles. The molecule has 0 radical (unpaired) electrons. The van der Waals surface area contributed by atoms with Crippen LogP contribution in [0.3, 0.4) is 0 Å². The number of ether oxygens (including phenoxy) is 3. The van der Waals surface area contributed by atoms with Crippen LogP contribution in [0.15, 0.2) is 24.3 Å². The summed E-state index contributed by atoms with van der Waals surface area (Å²) in [7, 11) is 0. The highest BCUT2D eigenvalue weighted by molar-refractivity contribution is 5.70. The molecule has 0 saturated carbocycles. The van der Waals surface area contributed by atoms with E-state index in [4.69, 9.17) is 19.3 Å². The SMILES string of the molecule is O=C(O)Cc1ccc(OC2CCOC3(CCOC3)C2)cc1. The summed E-state index contributed by atoms with van der Waals surface area (Å²) in [5.41, 5.74) is 0.620. The molecule has 0 aromatic heterocycles. The Hall–Kier alpha value is -1.59. The molecule has 114 valence electrons. The predicted molar refractivity (Wildman–Crippen MR) is 75.6 cm³/mol. The first-order chi connectivity index (χ1) is 10.2. The van der Waals surface area contributed by atoms with Crippen LogP contribution in [-0.4, -0.2) is 42.6 Å². The number of carboxylic acids is 1. The van der Waals surface area contributed by atoms with E-state index in [1.165, 1.54) is 0 Å². The quantitative estimate of drug-likeness (QED) is 0.920. The van der Waals surface area contributed by atoms with Gasteiger partial charge in [-0.05, 0) is 17.7 Å². The van der Waals surface area contributed by atoms with Crippen molar-refractivity contribution in [2.24, 2.45) is 0 Å². The Labute approximate surface area is 123 Å². The van der Waals surface area contributed by atoms with Crippen LogP contribution in [0.2, 0.25) is 0 Å². The maximum absolute atomic E-state index is 10.7. The van der Waals surface area contributed by atoms with Crippen LogP contribution in [0, 0.1) is 0 Å². The second-order valence-corrected chi connectivity index (χ2v) is 5.78. The van der Waals surface area contributed by atoms with Crippen molar-refractivity contribution in [3.05, 3.63) is 29.8 Å². The molecule has 0 bridgehead atoms. The zero-order chi connectivity index (χ0) is 14.7. The van der Waals surface area contributed by atoms with E-state index in [-0.39, 0.29) is 18.1 Å². The standard InChI is InChI=1S/C16H20O5/c17-15(18)9-12-1-3-13(4-2-12)21-14-5-7-20-16(10-14)6-8-19-11-16/h1-4,14H,5-11H2,(H,17,18). The number of aliphatic carboxylic acids is 1. The first-order valence-corrected chi connectivity index (χ1v) is 7.34. The molecular formula is C16H20O5. The van der Waals surface area contributed by atoms with Crippen molar-refractivity contribution in [3.63, 3.8) is 0 Å². The van der Waals surface area contributed by atoms with Crippen molar-refractivity contribution < 1.29 is 24.1 Å². The highest BCUT2D eigenvalue weighted by Gasteiger charge is 2.41. The maximum Gasteiger partial charge on any atom is 0.307 e. The summed E-state index contributed by atoms with van der Waals surface area (Å²) in [6, 6.07) is 7.28. The Morgan fingerprint density at radius 3 is 2.81 bits per heavy atom. The summed E-state index contributed by atoms with van der Waals surface area (Å²) in [6.07, 6.45) is 2.83. The molecule has 1 spiro atoms. The van der Waals surface area contributed by atoms with Crippen molar-refractivity contribution in [1.82, 2.24) is 0 Å². The summed E-state index contributed by atoms with van der Waals surface area (Å²) in [5.74, 6) is -0.0404. The van der Waals surface area contributed by atoms with Gasteiger partial charge in [-0.3, -0.25) is 4.79 Å². The Morgan fingerprint density at radius 1 is 1.33 bits per heavy atom. The van der Waals surface area contributed by atoms with Gasteiger partial charge in [-0.15, -0.1) is 0 Å². The Balaban J connectivity index is 1.59. The highest BCUT2D eigenvalue weighted by Crippen LogP contribution is 2.34. The average Bonchev–Trinajstić information content (AvgIpc) is 2.88. The third-order valence-corrected chi connectivity index (χ3v) is 4.10. The van der Waals surface area contributed by atoms with Gasteiger partial charge in [0, 0.05) is 25.9 Å². The Kier molecular flexibility index (Phi) is 4.12. The lowest BCUT2D eigenvalue weighted by Crippen LogP contribution is -2.44. The summed E-state index contributed by atoms with van der Waals surface area (Å²) in [5, 5.41) is 8.76. The summed E-state index contributed by atoms with van der Waals surface area (Å²) >= 11 is 0. The van der Waals surface area contributed by atoms with Crippen molar-refractivity contribution >= 4 is 5.97 Å². The van der Waals surface area contributed by atoms with Crippen molar-refractivity contribution in [1.29, 1.82) is 0 Å². The number of carboxylic acid groups (broad SMARTS) is 1. The molecule has 21 heavy (non-hydrogen) atoms. The van der Waals surface area contributed by atoms with Crippen LogP contribution in [0.4, 0.5) is 0 Å². The molecule has 1 N–H and O–H groups in total. The minimum absolute atomic E-state index is 0.0397. The van der Waals surface area contributed by atoms with Crippen LogP contribution >= 0.6 is 0 Å². The number of hydrogen-bond acceptors (Lipinski definition) is 4. The summed E-state index contributed by atoms with van der Waals surface area (Å²) in [6.45, 7) is 2.12. The third-order valence-electron chi connectivity index (χ3n) is 4.10. The smallest absolute Gasteiger partial charge is 0.307 e. The Bertz CT molecular complexity index is 490. The van der Waals surface area contributed by atoms with Crippen molar-refractivity contribution in [2.45, 2.75) is 37.4 Å². The van der Waals surface area contributed by atoms with Gasteiger partial charge >= 0.3 is 5.97 Å². The molecule has 0 amide bonds. The first-order valence-electron chi connectivity index (χ1n) is 7.34. The van der Waals surface area contributed by atoms with Crippen LogP contribution in [0.1, 0.15) is 24.8 Å². The van der Waals surface area contributed by atoms with Gasteiger partial charge in [0.25, 0.3) is 0 Å². The predicted octanol–water partition coefficient (Wildman–Crippen LogP) is 2.03. The van der Waals surface area contributed by atoms with Crippen molar-refractivity contribution in [3.8, 4) is 5.75 Å². The molecule has 2 aliphatic rings. The lowest BCUT2D eigenvalue weighted by atomic mass is 9.91. The van der Waals surface area contributed by atoms with Gasteiger partial charge in [0.05, 0.1) is 25.2 Å². The first kappa shape index (κ1) is 14.4. The van der Waals surface area contributed by atoms with Gasteiger partial charge in [-0.2, -0.15) is 0 Å². The topological polar surface area (TPSA) is 65.0 Å². The van der Waals surface area contributed by atoms with E-state index in [1.54, 1.807) is 12.1 Å². The number of rotatable bonds is 4. The monoisotopic (exact) mass is 292 g/mol. The van der Waals surface area contributed by atoms with Gasteiger partial charge in [0.15, 0.2) is 0 Å². The second kappa shape index (κ2) is 6.03. The molecule has 2 heterocycles. The molecule has 2 atom stereocenters. The molecule has 5 nitrogen and oxygen atoms in total. The Morgan fingerprint density at radius 2 is 2.14 bits per heavy atom. The average molecular weight is 292 g/mol. The highest BCUT2D eigenvalue weighted by atomic mass is 16.6. The van der Waals surface area contributed by atoms with E-state index >= 15 is 0 Å². The summed E-state index contributed by atoms with van der Waals surface area (Å²) < 4.78 is 17.4. The van der Waals surface area contributed by atoms with Gasteiger partial charge in [-0.1, -0.05) is 12.1 Å². The zero-order valence-electron chi connectivity index (χ0n) is 11.9. The molecule has 2 saturated heterocycles. The lowest BCUT2D eigenvalue weighted by molar-refractivity contribution is -0.136. The van der Waals surface area contributed by atoms with Crippen LogP contribution in [0.25, 0.3) is 0 Å². The minimum atomic E-state index is -0.823. The molecule has 2 unspecified atom stereocenters. The van der Waals surface area contributed by atoms with E-state index in [0.29, 0.717) is 13.2 Å². The molecule has 2 fully saturated rings. The van der Waals surface area contributed by atoms with E-state index in [2.05, 4.69) is 0 Å². The number of benzene rings is 1. The van der Waals surface area contributed by atoms with E-state index in [0.717, 1.165) is 37.2 Å². The van der Waals surface area contributed by atoms with Crippen LogP contribution in [0.5, 0.6) is 5.75 Å². The van der Waals surface area contributed by atoms with Gasteiger partial charge < -0.3 is 19.3 Å². The molecule has 5 heteroatoms. The van der Waals surface area contributed by atoms with E-state index in [1.807, 2.05) is 12.1 Å². The zero-order valence-corrected chi connectivity index (χ0v) is 11.9. The van der Waals surface area contributed by atoms with Gasteiger partial charge in [-0.25, -0.2) is 0 Å². The molecule has 1 aromatic carbocycles. The molecule has 3 rings (SSSR count). The van der Waals surface area contributed by atoms with E-state index < -0.39 is 5.97 Å². The lowest BCUT2D eigenvalue weighted by Gasteiger charge is -2.37. The fourth-order valence-electron chi connectivity index (χ4n) is 3.00. The van der Waals surface area contributed by atoms with Crippen LogP contribution < -0.4 is 4.74 Å². The van der Waals surface area contributed by atoms with Gasteiger partial charge in [0.2, 0.25) is 0 Å². The van der Waals surface area contributed by atoms with Gasteiger partial charge in [0.1, 0.15) is 11.9 Å². The molecule has 1 aromatic rings. The summed E-state index contributed by atoms with van der Waals surface area (Å²) in [4.78, 5) is 10.7. The fraction of sp³-hybridized carbons (Fsp3) is 0.562. The second-order valence-electron chi connectivity index (χ2n) is 5.78. The molecular weight excluding hydrogens is 272 g/mol. The largest absolute Gasteiger partial charge is 0.490 e. The fourth-order valence-corrected chi connectivity index (χ4v) is 3.00. The normalized spacial score (nSPS) is 28.7. The number of hydrogen-bond donors (Lipinski definition) is 1. The maximum atomic E-state index is 10.7. The van der Waals surface area contributed by atoms with Crippen molar-refractivity contribution in [2.75, 3.05) is 19.8 Å².